The summed E-state index contributed by atoms with van der Waals surface area (Å²) >= 11 is 0. The molecule has 0 aliphatic rings. The van der Waals surface area contributed by atoms with Crippen molar-refractivity contribution >= 4 is 0 Å². The van der Waals surface area contributed by atoms with E-state index in [-0.39, 0.29) is 10.8 Å². The molecule has 0 saturated heterocycles. The Morgan fingerprint density at radius 2 is 0.822 bits per heavy atom. The van der Waals surface area contributed by atoms with Gasteiger partial charge in [-0.1, -0.05) is 114 Å². The monoisotopic (exact) mass is 588 g/mol. The maximum atomic E-state index is 7.01. The molecular formula is C42H40N2O. The molecule has 0 fully saturated rings. The Balaban J connectivity index is 1.51. The summed E-state index contributed by atoms with van der Waals surface area (Å²) in [6, 6.07) is 42.2. The Bertz CT molecular complexity index is 1790. The lowest BCUT2D eigenvalue weighted by Crippen LogP contribution is -2.11. The highest BCUT2D eigenvalue weighted by Crippen LogP contribution is 2.42. The first kappa shape index (κ1) is 30.0. The van der Waals surface area contributed by atoms with Crippen LogP contribution in [-0.4, -0.2) is 9.97 Å². The van der Waals surface area contributed by atoms with Crippen molar-refractivity contribution in [2.45, 2.75) is 52.4 Å². The van der Waals surface area contributed by atoms with E-state index in [1.165, 1.54) is 11.1 Å². The van der Waals surface area contributed by atoms with Gasteiger partial charge in [0.25, 0.3) is 0 Å². The van der Waals surface area contributed by atoms with Crippen molar-refractivity contribution < 1.29 is 4.74 Å². The highest BCUT2D eigenvalue weighted by Gasteiger charge is 2.19. The van der Waals surface area contributed by atoms with E-state index < -0.39 is 0 Å². The van der Waals surface area contributed by atoms with E-state index in [2.05, 4.69) is 151 Å². The highest BCUT2D eigenvalue weighted by atomic mass is 16.5. The van der Waals surface area contributed by atoms with Crippen LogP contribution < -0.4 is 4.74 Å². The van der Waals surface area contributed by atoms with Gasteiger partial charge in [0.15, 0.2) is 0 Å². The van der Waals surface area contributed by atoms with Crippen molar-refractivity contribution in [3.8, 4) is 56.3 Å². The molecule has 4 aromatic carbocycles. The van der Waals surface area contributed by atoms with Gasteiger partial charge in [-0.3, -0.25) is 9.97 Å². The predicted octanol–water partition coefficient (Wildman–Crippen LogP) is 11.5. The van der Waals surface area contributed by atoms with Crippen LogP contribution in [0.15, 0.2) is 134 Å². The van der Waals surface area contributed by atoms with Crippen LogP contribution in [0, 0.1) is 0 Å². The number of pyridine rings is 2. The zero-order valence-electron chi connectivity index (χ0n) is 27.0. The number of benzene rings is 4. The van der Waals surface area contributed by atoms with Crippen LogP contribution in [0.2, 0.25) is 0 Å². The minimum Gasteiger partial charge on any atom is -0.456 e. The molecule has 224 valence electrons. The van der Waals surface area contributed by atoms with E-state index in [1.807, 2.05) is 24.5 Å². The first-order valence-corrected chi connectivity index (χ1v) is 15.6. The van der Waals surface area contributed by atoms with E-state index >= 15 is 0 Å². The van der Waals surface area contributed by atoms with Gasteiger partial charge in [-0.25, -0.2) is 0 Å². The zero-order valence-corrected chi connectivity index (χ0v) is 27.0. The van der Waals surface area contributed by atoms with Gasteiger partial charge in [-0.2, -0.15) is 0 Å². The van der Waals surface area contributed by atoms with Crippen molar-refractivity contribution in [3.05, 3.63) is 145 Å². The fourth-order valence-electron chi connectivity index (χ4n) is 5.47. The molecule has 2 aromatic heterocycles. The third-order valence-electron chi connectivity index (χ3n) is 8.20. The minimum atomic E-state index is 0.0182. The van der Waals surface area contributed by atoms with E-state index in [0.717, 1.165) is 56.3 Å². The highest BCUT2D eigenvalue weighted by molar-refractivity contribution is 5.79. The fraction of sp³-hybridized carbons (Fsp3) is 0.190. The average molecular weight is 589 g/mol. The Kier molecular flexibility index (Phi) is 8.12. The lowest BCUT2D eigenvalue weighted by Gasteiger charge is -2.20. The molecule has 3 heteroatoms. The summed E-state index contributed by atoms with van der Waals surface area (Å²) in [5.74, 6) is 1.54. The van der Waals surface area contributed by atoms with Gasteiger partial charge >= 0.3 is 0 Å². The van der Waals surface area contributed by atoms with Crippen LogP contribution in [0.5, 0.6) is 11.5 Å². The lowest BCUT2D eigenvalue weighted by molar-refractivity contribution is 0.486. The molecule has 0 unspecified atom stereocenters. The molecular weight excluding hydrogens is 548 g/mol. The molecule has 6 aromatic rings. The van der Waals surface area contributed by atoms with Crippen LogP contribution in [0.1, 0.15) is 52.7 Å². The van der Waals surface area contributed by atoms with E-state index in [0.29, 0.717) is 0 Å². The summed E-state index contributed by atoms with van der Waals surface area (Å²) in [5, 5.41) is 0. The predicted molar refractivity (Wildman–Crippen MR) is 188 cm³/mol. The van der Waals surface area contributed by atoms with Crippen molar-refractivity contribution in [3.63, 3.8) is 0 Å². The largest absolute Gasteiger partial charge is 0.456 e. The molecule has 0 spiro atoms. The van der Waals surface area contributed by atoms with Crippen molar-refractivity contribution in [1.82, 2.24) is 9.97 Å². The van der Waals surface area contributed by atoms with Crippen molar-refractivity contribution in [2.75, 3.05) is 0 Å². The van der Waals surface area contributed by atoms with Gasteiger partial charge in [-0.05, 0) is 81.6 Å². The van der Waals surface area contributed by atoms with Gasteiger partial charge in [0, 0.05) is 34.6 Å². The van der Waals surface area contributed by atoms with Crippen LogP contribution in [-0.2, 0) is 10.8 Å². The molecule has 0 aliphatic carbocycles. The number of aromatic nitrogens is 2. The molecule has 45 heavy (non-hydrogen) atoms. The lowest BCUT2D eigenvalue weighted by atomic mass is 9.87. The summed E-state index contributed by atoms with van der Waals surface area (Å²) in [6.07, 6.45) is 3.80. The molecule has 3 nitrogen and oxygen atoms in total. The third-order valence-corrected chi connectivity index (χ3v) is 8.20. The Labute approximate surface area is 267 Å². The molecule has 0 saturated carbocycles. The molecule has 0 aliphatic heterocycles. The van der Waals surface area contributed by atoms with Gasteiger partial charge in [-0.15, -0.1) is 0 Å². The zero-order chi connectivity index (χ0) is 31.6. The second-order valence-electron chi connectivity index (χ2n) is 13.6. The number of hydrogen-bond donors (Lipinski definition) is 0. The number of nitrogens with zero attached hydrogens (tertiary/aromatic N) is 2. The van der Waals surface area contributed by atoms with Crippen molar-refractivity contribution in [1.29, 1.82) is 0 Å². The number of rotatable bonds is 6. The van der Waals surface area contributed by atoms with E-state index in [4.69, 9.17) is 14.7 Å². The molecule has 0 atom stereocenters. The summed E-state index contributed by atoms with van der Waals surface area (Å²) in [5.41, 5.74) is 10.6. The maximum absolute atomic E-state index is 7.01. The first-order chi connectivity index (χ1) is 21.6. The summed E-state index contributed by atoms with van der Waals surface area (Å²) < 4.78 is 7.01. The Morgan fingerprint density at radius 3 is 1.20 bits per heavy atom. The Morgan fingerprint density at radius 1 is 0.422 bits per heavy atom. The van der Waals surface area contributed by atoms with Gasteiger partial charge in [0.2, 0.25) is 0 Å². The average Bonchev–Trinajstić information content (AvgIpc) is 3.05. The summed E-state index contributed by atoms with van der Waals surface area (Å²) in [7, 11) is 0. The van der Waals surface area contributed by atoms with Crippen LogP contribution in [0.3, 0.4) is 0 Å². The second kappa shape index (κ2) is 12.2. The molecule has 0 radical (unpaired) electrons. The first-order valence-electron chi connectivity index (χ1n) is 15.6. The topological polar surface area (TPSA) is 35.0 Å². The summed E-state index contributed by atoms with van der Waals surface area (Å²) in [4.78, 5) is 9.51. The summed E-state index contributed by atoms with van der Waals surface area (Å²) in [6.45, 7) is 13.4. The van der Waals surface area contributed by atoms with Crippen molar-refractivity contribution in [2.24, 2.45) is 0 Å². The molecule has 6 rings (SSSR count). The van der Waals surface area contributed by atoms with Crippen LogP contribution >= 0.6 is 0 Å². The van der Waals surface area contributed by atoms with Gasteiger partial charge in [0.1, 0.15) is 11.5 Å². The molecule has 2 heterocycles. The van der Waals surface area contributed by atoms with Gasteiger partial charge < -0.3 is 4.74 Å². The second-order valence-corrected chi connectivity index (χ2v) is 13.6. The molecule has 0 amide bonds. The smallest absolute Gasteiger partial charge is 0.135 e. The Hall–Kier alpha value is -5.02. The van der Waals surface area contributed by atoms with E-state index in [1.54, 1.807) is 0 Å². The maximum Gasteiger partial charge on any atom is 0.135 e. The molecule has 0 N–H and O–H groups in total. The third kappa shape index (κ3) is 6.73. The number of hydrogen-bond acceptors (Lipinski definition) is 3. The number of ether oxygens (including phenoxy) is 1. The van der Waals surface area contributed by atoms with E-state index in [9.17, 15) is 0 Å². The fourth-order valence-corrected chi connectivity index (χ4v) is 5.47. The minimum absolute atomic E-state index is 0.0182. The van der Waals surface area contributed by atoms with Gasteiger partial charge in [0.05, 0.1) is 11.4 Å². The van der Waals surface area contributed by atoms with Crippen LogP contribution in [0.25, 0.3) is 44.8 Å². The molecule has 0 bridgehead atoms. The standard InChI is InChI=1S/C42H40N2O/c1-41(2,3)33-21-23-43-37(27-33)31-17-19-35(29-13-9-7-10-14-29)39(25-31)45-40-26-32(18-20-36(40)30-15-11-8-12-16-30)38-28-34(22-24-44-38)42(4,5)6/h7-28H,1-6H3. The van der Waals surface area contributed by atoms with Crippen LogP contribution in [0.4, 0.5) is 0 Å². The normalized spacial score (nSPS) is 11.8. The SMILES string of the molecule is CC(C)(C)c1ccnc(-c2ccc(-c3ccccc3)c(Oc3cc(-c4cc(C(C)(C)C)ccn4)ccc3-c3ccccc3)c2)c1. The quantitative estimate of drug-likeness (QED) is 0.194.